The van der Waals surface area contributed by atoms with Gasteiger partial charge in [0.05, 0.1) is 12.8 Å². The maximum Gasteiger partial charge on any atom is 0.140 e. The molecule has 0 unspecified atom stereocenters. The van der Waals surface area contributed by atoms with Gasteiger partial charge in [0, 0.05) is 35.2 Å². The Labute approximate surface area is 276 Å². The number of hydrogen-bond acceptors (Lipinski definition) is 3. The first-order chi connectivity index (χ1) is 20.6. The first-order valence-corrected chi connectivity index (χ1v) is 18.4. The monoisotopic (exact) mass is 783 g/mol. The molecule has 0 saturated heterocycles. The van der Waals surface area contributed by atoms with Gasteiger partial charge in [-0.2, -0.15) is 11.3 Å². The minimum Gasteiger partial charge on any atom is -0.305 e. The van der Waals surface area contributed by atoms with Gasteiger partial charge in [0.2, 0.25) is 0 Å². The van der Waals surface area contributed by atoms with Crippen molar-refractivity contribution in [3.05, 3.63) is 114 Å². The van der Waals surface area contributed by atoms with Crippen LogP contribution in [0.25, 0.3) is 42.7 Å². The molecular formula is C37H37FIrN2SSi-2. The smallest absolute Gasteiger partial charge is 0.140 e. The Hall–Kier alpha value is -3.02. The normalized spacial score (nSPS) is 12.7. The van der Waals surface area contributed by atoms with Crippen LogP contribution in [0.4, 0.5) is 4.39 Å². The molecule has 3 heterocycles. The van der Waals surface area contributed by atoms with Crippen LogP contribution in [0.1, 0.15) is 53.4 Å². The summed E-state index contributed by atoms with van der Waals surface area (Å²) in [5.74, 6) is -1.51. The zero-order valence-electron chi connectivity index (χ0n) is 27.6. The molecule has 0 aliphatic heterocycles. The molecule has 6 heteroatoms. The molecule has 3 aromatic heterocycles. The second-order valence-corrected chi connectivity index (χ2v) is 17.9. The quantitative estimate of drug-likeness (QED) is 0.129. The molecule has 0 N–H and O–H groups in total. The molecule has 0 bridgehead atoms. The summed E-state index contributed by atoms with van der Waals surface area (Å²) in [5, 5.41) is 3.21. The number of hydrogen-bond donors (Lipinski definition) is 0. The molecule has 0 atom stereocenters. The molecule has 0 aliphatic rings. The third kappa shape index (κ3) is 7.21. The predicted octanol–water partition coefficient (Wildman–Crippen LogP) is 10.4. The molecule has 1 radical (unpaired) electrons. The number of halogens is 1. The van der Waals surface area contributed by atoms with Crippen LogP contribution in [0.3, 0.4) is 0 Å². The van der Waals surface area contributed by atoms with Gasteiger partial charge < -0.3 is 9.97 Å². The van der Waals surface area contributed by atoms with Crippen molar-refractivity contribution < 1.29 is 27.2 Å². The molecule has 223 valence electrons. The molecule has 0 spiro atoms. The molecule has 0 aliphatic carbocycles. The Kier molecular flexibility index (Phi) is 9.59. The minimum absolute atomic E-state index is 0. The standard InChI is InChI=1S/C20H15FNS.C17H22NSi.Ir/c1-12(2)13-9-10-22-18(11-13)16-7-3-5-14-15-6-4-8-17(21)20(15)23-19(14)16;1-13(2)15-11-16(14-9-7-6-8-10-14)18-12-17(15)19(3,4)5;/h3-6,8-12H,1-2H3;6-9,11-13H,1-5H3;/q2*-1;/i12D;13D;. The van der Waals surface area contributed by atoms with Crippen LogP contribution in [0.5, 0.6) is 0 Å². The van der Waals surface area contributed by atoms with Gasteiger partial charge in [-0.1, -0.05) is 88.1 Å². The summed E-state index contributed by atoms with van der Waals surface area (Å²) in [6.45, 7) is 14.5. The molecule has 3 aromatic carbocycles. The Balaban J connectivity index is 0.000000204. The van der Waals surface area contributed by atoms with Crippen LogP contribution in [0.15, 0.2) is 85.2 Å². The molecule has 43 heavy (non-hydrogen) atoms. The van der Waals surface area contributed by atoms with Crippen LogP contribution in [-0.4, -0.2) is 18.0 Å². The summed E-state index contributed by atoms with van der Waals surface area (Å²) in [7, 11) is -1.50. The van der Waals surface area contributed by atoms with E-state index in [1.165, 1.54) is 22.6 Å². The molecule has 6 rings (SSSR count). The van der Waals surface area contributed by atoms with Crippen molar-refractivity contribution in [1.29, 1.82) is 0 Å². The number of pyridine rings is 2. The Morgan fingerprint density at radius 1 is 0.814 bits per heavy atom. The number of fused-ring (bicyclic) bond motifs is 3. The van der Waals surface area contributed by atoms with E-state index in [9.17, 15) is 4.39 Å². The van der Waals surface area contributed by atoms with E-state index in [1.807, 2.05) is 88.5 Å². The second kappa shape index (κ2) is 13.7. The van der Waals surface area contributed by atoms with Crippen LogP contribution in [-0.2, 0) is 20.1 Å². The van der Waals surface area contributed by atoms with Crippen molar-refractivity contribution in [3.8, 4) is 22.5 Å². The zero-order chi connectivity index (χ0) is 31.9. The van der Waals surface area contributed by atoms with Gasteiger partial charge in [-0.15, -0.1) is 59.7 Å². The SMILES string of the molecule is [2H]C(C)(C)c1cc(-c2[c-]cccc2)ncc1[Si](C)(C)C.[2H]C(C)(C)c1ccnc(-c2[c-]ccc3c2sc2c(F)cccc23)c1.[Ir]. The second-order valence-electron chi connectivity index (χ2n) is 11.9. The molecule has 0 fully saturated rings. The van der Waals surface area contributed by atoms with Gasteiger partial charge in [0.25, 0.3) is 0 Å². The Morgan fingerprint density at radius 3 is 2.26 bits per heavy atom. The maximum atomic E-state index is 14.1. The molecule has 6 aromatic rings. The number of rotatable bonds is 5. The van der Waals surface area contributed by atoms with Crippen molar-refractivity contribution in [2.75, 3.05) is 0 Å². The third-order valence-electron chi connectivity index (χ3n) is 7.24. The van der Waals surface area contributed by atoms with Gasteiger partial charge in [0.1, 0.15) is 5.82 Å². The summed E-state index contributed by atoms with van der Waals surface area (Å²) in [5.41, 5.74) is 5.51. The number of nitrogens with zero attached hydrogens (tertiary/aromatic N) is 2. The van der Waals surface area contributed by atoms with E-state index in [-0.39, 0.29) is 25.9 Å². The predicted molar refractivity (Wildman–Crippen MR) is 181 cm³/mol. The van der Waals surface area contributed by atoms with E-state index in [4.69, 9.17) is 2.74 Å². The third-order valence-corrected chi connectivity index (χ3v) is 10.5. The first kappa shape index (κ1) is 30.0. The Morgan fingerprint density at radius 2 is 1.58 bits per heavy atom. The zero-order valence-corrected chi connectivity index (χ0v) is 29.8. The summed E-state index contributed by atoms with van der Waals surface area (Å²) in [6, 6.07) is 29.2. The van der Waals surface area contributed by atoms with Crippen LogP contribution in [0, 0.1) is 17.9 Å². The fourth-order valence-corrected chi connectivity index (χ4v) is 7.76. The molecule has 2 nitrogen and oxygen atoms in total. The van der Waals surface area contributed by atoms with Crippen molar-refractivity contribution in [2.45, 2.75) is 59.1 Å². The van der Waals surface area contributed by atoms with Crippen molar-refractivity contribution in [2.24, 2.45) is 0 Å². The van der Waals surface area contributed by atoms with Gasteiger partial charge in [-0.3, -0.25) is 0 Å². The van der Waals surface area contributed by atoms with Crippen molar-refractivity contribution in [3.63, 3.8) is 0 Å². The summed E-state index contributed by atoms with van der Waals surface area (Å²) < 4.78 is 32.4. The van der Waals surface area contributed by atoms with E-state index >= 15 is 0 Å². The summed E-state index contributed by atoms with van der Waals surface area (Å²) in [6.07, 6.45) is 3.70. The van der Waals surface area contributed by atoms with Crippen LogP contribution < -0.4 is 5.19 Å². The van der Waals surface area contributed by atoms with Crippen molar-refractivity contribution in [1.82, 2.24) is 9.97 Å². The largest absolute Gasteiger partial charge is 0.305 e. The van der Waals surface area contributed by atoms with Gasteiger partial charge in [-0.25, -0.2) is 4.39 Å². The topological polar surface area (TPSA) is 25.8 Å². The Bertz CT molecular complexity index is 1940. The minimum atomic E-state index is -1.50. The number of aromatic nitrogens is 2. The van der Waals surface area contributed by atoms with E-state index in [2.05, 4.69) is 47.8 Å². The summed E-state index contributed by atoms with van der Waals surface area (Å²) >= 11 is 1.43. The van der Waals surface area contributed by atoms with Crippen LogP contribution >= 0.6 is 11.3 Å². The van der Waals surface area contributed by atoms with E-state index in [0.29, 0.717) is 4.70 Å². The van der Waals surface area contributed by atoms with E-state index < -0.39 is 19.9 Å². The van der Waals surface area contributed by atoms with Gasteiger partial charge in [0.15, 0.2) is 0 Å². The summed E-state index contributed by atoms with van der Waals surface area (Å²) in [4.78, 5) is 9.07. The average Bonchev–Trinajstić information content (AvgIpc) is 3.37. The van der Waals surface area contributed by atoms with E-state index in [0.717, 1.165) is 49.1 Å². The maximum absolute atomic E-state index is 14.1. The number of benzene rings is 3. The van der Waals surface area contributed by atoms with Gasteiger partial charge in [-0.05, 0) is 50.6 Å². The fourth-order valence-electron chi connectivity index (χ4n) is 4.96. The van der Waals surface area contributed by atoms with Gasteiger partial charge >= 0.3 is 0 Å². The molecule has 0 saturated carbocycles. The van der Waals surface area contributed by atoms with Crippen LogP contribution in [0.2, 0.25) is 19.6 Å². The fraction of sp³-hybridized carbons (Fsp3) is 0.243. The molecular weight excluding hydrogens is 744 g/mol. The van der Waals surface area contributed by atoms with Crippen molar-refractivity contribution >= 4 is 44.8 Å². The number of thiophene rings is 1. The first-order valence-electron chi connectivity index (χ1n) is 15.1. The molecule has 0 amide bonds. The van der Waals surface area contributed by atoms with E-state index in [1.54, 1.807) is 12.3 Å². The average molecular weight is 783 g/mol.